The lowest BCUT2D eigenvalue weighted by atomic mass is 9.85. The van der Waals surface area contributed by atoms with E-state index < -0.39 is 23.1 Å². The fourth-order valence-corrected chi connectivity index (χ4v) is 3.96. The van der Waals surface area contributed by atoms with Gasteiger partial charge in [-0.25, -0.2) is 8.78 Å². The Morgan fingerprint density at radius 3 is 2.50 bits per heavy atom. The van der Waals surface area contributed by atoms with Crippen LogP contribution in [0.15, 0.2) is 66.7 Å². The molecule has 0 radical (unpaired) electrons. The number of anilines is 1. The molecule has 4 rings (SSSR count). The number of halogens is 2. The molecule has 0 saturated carbocycles. The van der Waals surface area contributed by atoms with E-state index in [9.17, 15) is 18.4 Å². The van der Waals surface area contributed by atoms with Crippen LogP contribution in [0.25, 0.3) is 5.70 Å². The van der Waals surface area contributed by atoms with Crippen molar-refractivity contribution in [2.45, 2.75) is 25.8 Å². The predicted molar refractivity (Wildman–Crippen MR) is 127 cm³/mol. The van der Waals surface area contributed by atoms with Gasteiger partial charge < -0.3 is 15.4 Å². The molecule has 0 bridgehead atoms. The molecule has 7 heteroatoms. The molecule has 5 nitrogen and oxygen atoms in total. The second-order valence-electron chi connectivity index (χ2n) is 8.76. The molecule has 0 aromatic heterocycles. The molecule has 0 aliphatic carbocycles. The third-order valence-electron chi connectivity index (χ3n) is 5.61. The van der Waals surface area contributed by atoms with Crippen LogP contribution >= 0.6 is 0 Å². The number of ketones is 1. The number of carbonyl (C=O) groups excluding carboxylic acids is 2. The lowest BCUT2D eigenvalue weighted by molar-refractivity contribution is 0.102. The lowest BCUT2D eigenvalue weighted by Crippen LogP contribution is -2.43. The fourth-order valence-electron chi connectivity index (χ4n) is 3.96. The van der Waals surface area contributed by atoms with Gasteiger partial charge in [0.2, 0.25) is 0 Å². The number of hydrogen-bond donors (Lipinski definition) is 2. The van der Waals surface area contributed by atoms with Crippen LogP contribution in [0.2, 0.25) is 0 Å². The third-order valence-corrected chi connectivity index (χ3v) is 5.61. The van der Waals surface area contributed by atoms with Gasteiger partial charge in [-0.05, 0) is 74.4 Å². The number of carbonyl (C=O) groups is 2. The molecule has 174 valence electrons. The van der Waals surface area contributed by atoms with Crippen molar-refractivity contribution < 1.29 is 23.1 Å². The number of nitrogens with one attached hydrogen (secondary N) is 2. The van der Waals surface area contributed by atoms with E-state index in [1.54, 1.807) is 25.3 Å². The highest BCUT2D eigenvalue weighted by atomic mass is 19.2. The summed E-state index contributed by atoms with van der Waals surface area (Å²) in [5.74, 6) is -2.60. The Labute approximate surface area is 196 Å². The highest BCUT2D eigenvalue weighted by Crippen LogP contribution is 2.32. The summed E-state index contributed by atoms with van der Waals surface area (Å²) in [5, 5.41) is 5.94. The summed E-state index contributed by atoms with van der Waals surface area (Å²) in [6.45, 7) is 4.13. The quantitative estimate of drug-likeness (QED) is 0.395. The van der Waals surface area contributed by atoms with Gasteiger partial charge in [-0.15, -0.1) is 0 Å². The van der Waals surface area contributed by atoms with Crippen LogP contribution in [0.1, 0.15) is 45.7 Å². The minimum absolute atomic E-state index is 0.219. The molecule has 0 unspecified atom stereocenters. The number of amides is 1. The second kappa shape index (κ2) is 9.09. The van der Waals surface area contributed by atoms with Crippen molar-refractivity contribution >= 4 is 23.1 Å². The van der Waals surface area contributed by atoms with E-state index in [1.807, 2.05) is 18.2 Å². The van der Waals surface area contributed by atoms with Crippen molar-refractivity contribution in [3.05, 3.63) is 101 Å². The number of benzene rings is 3. The first-order valence-corrected chi connectivity index (χ1v) is 10.7. The Morgan fingerprint density at radius 2 is 1.79 bits per heavy atom. The monoisotopic (exact) mass is 462 g/mol. The largest absolute Gasteiger partial charge is 0.497 e. The zero-order valence-electron chi connectivity index (χ0n) is 19.0. The Balaban J connectivity index is 1.55. The van der Waals surface area contributed by atoms with E-state index in [2.05, 4.69) is 24.5 Å². The summed E-state index contributed by atoms with van der Waals surface area (Å²) in [6, 6.07) is 15.4. The maximum atomic E-state index is 13.9. The van der Waals surface area contributed by atoms with Crippen LogP contribution in [0.5, 0.6) is 5.75 Å². The topological polar surface area (TPSA) is 67.4 Å². The van der Waals surface area contributed by atoms with Crippen LogP contribution in [0.4, 0.5) is 14.5 Å². The number of rotatable bonds is 5. The Bertz CT molecular complexity index is 1300. The van der Waals surface area contributed by atoms with Gasteiger partial charge in [0.25, 0.3) is 5.91 Å². The SMILES string of the molecule is COc1ccc2c(c1)C(=CC(=O)c1ccc(NC(=O)c3cccc(F)c3F)cc1)NC(C)(C)C2. The summed E-state index contributed by atoms with van der Waals surface area (Å²) in [7, 11) is 1.60. The molecule has 0 atom stereocenters. The van der Waals surface area contributed by atoms with Gasteiger partial charge in [-0.1, -0.05) is 12.1 Å². The molecule has 1 aliphatic heterocycles. The Kier molecular flexibility index (Phi) is 6.20. The van der Waals surface area contributed by atoms with Crippen LogP contribution < -0.4 is 15.4 Å². The van der Waals surface area contributed by atoms with Gasteiger partial charge in [-0.2, -0.15) is 0 Å². The van der Waals surface area contributed by atoms with E-state index in [1.165, 1.54) is 24.3 Å². The van der Waals surface area contributed by atoms with Gasteiger partial charge in [0.1, 0.15) is 5.75 Å². The maximum absolute atomic E-state index is 13.9. The predicted octanol–water partition coefficient (Wildman–Crippen LogP) is 5.37. The van der Waals surface area contributed by atoms with E-state index in [0.29, 0.717) is 22.7 Å². The molecular weight excluding hydrogens is 438 g/mol. The zero-order chi connectivity index (χ0) is 24.5. The third kappa shape index (κ3) is 4.83. The molecule has 1 heterocycles. The molecule has 2 N–H and O–H groups in total. The van der Waals surface area contributed by atoms with E-state index in [4.69, 9.17) is 4.74 Å². The van der Waals surface area contributed by atoms with Crippen molar-refractivity contribution in [1.82, 2.24) is 5.32 Å². The Morgan fingerprint density at radius 1 is 1.06 bits per heavy atom. The van der Waals surface area contributed by atoms with Gasteiger partial charge in [0.15, 0.2) is 17.4 Å². The van der Waals surface area contributed by atoms with Gasteiger partial charge in [0, 0.05) is 34.1 Å². The summed E-state index contributed by atoms with van der Waals surface area (Å²) >= 11 is 0. The summed E-state index contributed by atoms with van der Waals surface area (Å²) in [6.07, 6.45) is 2.35. The molecule has 1 aliphatic rings. The number of fused-ring (bicyclic) bond motifs is 1. The van der Waals surface area contributed by atoms with Gasteiger partial charge >= 0.3 is 0 Å². The summed E-state index contributed by atoms with van der Waals surface area (Å²) in [5.41, 5.74) is 2.87. The molecule has 3 aromatic carbocycles. The normalized spacial score (nSPS) is 15.3. The standard InChI is InChI=1S/C27H24F2N2O3/c1-27(2)15-17-9-12-19(34-3)13-21(17)23(31-27)14-24(32)16-7-10-18(11-8-16)30-26(33)20-5-4-6-22(28)25(20)29/h4-14,31H,15H2,1-3H3,(H,30,33). The van der Waals surface area contributed by atoms with Crippen molar-refractivity contribution in [3.63, 3.8) is 0 Å². The molecule has 0 spiro atoms. The Hall–Kier alpha value is -4.00. The molecular formula is C27H24F2N2O3. The van der Waals surface area contributed by atoms with Gasteiger partial charge in [0.05, 0.1) is 12.7 Å². The van der Waals surface area contributed by atoms with Crippen molar-refractivity contribution in [2.24, 2.45) is 0 Å². The average Bonchev–Trinajstić information content (AvgIpc) is 2.80. The number of allylic oxidation sites excluding steroid dienone is 1. The first-order chi connectivity index (χ1) is 16.2. The van der Waals surface area contributed by atoms with E-state index in [-0.39, 0.29) is 11.3 Å². The average molecular weight is 462 g/mol. The minimum atomic E-state index is -1.21. The van der Waals surface area contributed by atoms with Crippen LogP contribution in [0, 0.1) is 11.6 Å². The number of methoxy groups -OCH3 is 1. The van der Waals surface area contributed by atoms with Crippen LogP contribution in [-0.2, 0) is 6.42 Å². The highest BCUT2D eigenvalue weighted by molar-refractivity contribution is 6.09. The first kappa shape index (κ1) is 23.2. The summed E-state index contributed by atoms with van der Waals surface area (Å²) < 4.78 is 32.6. The maximum Gasteiger partial charge on any atom is 0.258 e. The lowest BCUT2D eigenvalue weighted by Gasteiger charge is -2.35. The fraction of sp³-hybridized carbons (Fsp3) is 0.185. The molecule has 34 heavy (non-hydrogen) atoms. The zero-order valence-corrected chi connectivity index (χ0v) is 19.0. The van der Waals surface area contributed by atoms with Gasteiger partial charge in [-0.3, -0.25) is 9.59 Å². The molecule has 1 amide bonds. The van der Waals surface area contributed by atoms with E-state index in [0.717, 1.165) is 23.6 Å². The van der Waals surface area contributed by atoms with Crippen LogP contribution in [-0.4, -0.2) is 24.3 Å². The van der Waals surface area contributed by atoms with Crippen molar-refractivity contribution in [2.75, 3.05) is 12.4 Å². The smallest absolute Gasteiger partial charge is 0.258 e. The van der Waals surface area contributed by atoms with E-state index >= 15 is 0 Å². The molecule has 0 fully saturated rings. The van der Waals surface area contributed by atoms with Crippen LogP contribution in [0.3, 0.4) is 0 Å². The molecule has 0 saturated heterocycles. The molecule has 3 aromatic rings. The number of ether oxygens (including phenoxy) is 1. The van der Waals surface area contributed by atoms with Crippen molar-refractivity contribution in [3.8, 4) is 5.75 Å². The van der Waals surface area contributed by atoms with Crippen molar-refractivity contribution in [1.29, 1.82) is 0 Å². The number of hydrogen-bond acceptors (Lipinski definition) is 4. The minimum Gasteiger partial charge on any atom is -0.497 e. The summed E-state index contributed by atoms with van der Waals surface area (Å²) in [4.78, 5) is 25.3. The second-order valence-corrected chi connectivity index (χ2v) is 8.76. The first-order valence-electron chi connectivity index (χ1n) is 10.7. The highest BCUT2D eigenvalue weighted by Gasteiger charge is 2.28.